The number of carbonyl (C=O) groups excluding carboxylic acids is 2. The predicted octanol–water partition coefficient (Wildman–Crippen LogP) is 1.14. The number of nitrogens with one attached hydrogen (secondary N) is 1. The number of aromatic hydroxyl groups is 1. The van der Waals surface area contributed by atoms with Crippen molar-refractivity contribution in [3.8, 4) is 5.75 Å². The molecule has 5 heteroatoms. The molecule has 0 aromatic heterocycles. The van der Waals surface area contributed by atoms with Gasteiger partial charge in [0.25, 0.3) is 0 Å². The molecule has 0 aliphatic rings. The summed E-state index contributed by atoms with van der Waals surface area (Å²) in [4.78, 5) is 21.9. The van der Waals surface area contributed by atoms with Crippen LogP contribution in [0.1, 0.15) is 17.3 Å². The van der Waals surface area contributed by atoms with E-state index in [2.05, 4.69) is 10.1 Å². The maximum Gasteiger partial charge on any atom is 0.338 e. The Morgan fingerprint density at radius 1 is 1.33 bits per heavy atom. The van der Waals surface area contributed by atoms with E-state index in [0.29, 0.717) is 5.69 Å². The van der Waals surface area contributed by atoms with E-state index in [1.54, 1.807) is 0 Å². The highest BCUT2D eigenvalue weighted by atomic mass is 16.5. The predicted molar refractivity (Wildman–Crippen MR) is 53.8 cm³/mol. The topological polar surface area (TPSA) is 75.6 Å². The molecule has 0 aliphatic carbocycles. The molecule has 5 nitrogen and oxygen atoms in total. The van der Waals surface area contributed by atoms with Gasteiger partial charge in [0.05, 0.1) is 12.7 Å². The summed E-state index contributed by atoms with van der Waals surface area (Å²) in [5, 5.41) is 11.8. The number of benzene rings is 1. The van der Waals surface area contributed by atoms with E-state index in [-0.39, 0.29) is 17.2 Å². The largest absolute Gasteiger partial charge is 0.508 e. The maximum atomic E-state index is 11.2. The molecular formula is C10H11NO4. The Hall–Kier alpha value is -2.04. The lowest BCUT2D eigenvalue weighted by Gasteiger charge is -2.05. The first-order valence-corrected chi connectivity index (χ1v) is 4.23. The zero-order valence-electron chi connectivity index (χ0n) is 8.40. The average Bonchev–Trinajstić information content (AvgIpc) is 2.14. The summed E-state index contributed by atoms with van der Waals surface area (Å²) >= 11 is 0. The summed E-state index contributed by atoms with van der Waals surface area (Å²) in [5.41, 5.74) is 0.532. The highest BCUT2D eigenvalue weighted by molar-refractivity contribution is 5.94. The molecule has 1 aromatic carbocycles. The number of methoxy groups -OCH3 is 1. The van der Waals surface area contributed by atoms with Gasteiger partial charge in [-0.3, -0.25) is 4.79 Å². The molecule has 15 heavy (non-hydrogen) atoms. The van der Waals surface area contributed by atoms with Crippen molar-refractivity contribution in [1.82, 2.24) is 0 Å². The van der Waals surface area contributed by atoms with Crippen LogP contribution in [0.25, 0.3) is 0 Å². The van der Waals surface area contributed by atoms with E-state index in [1.807, 2.05) is 0 Å². The second-order valence-electron chi connectivity index (χ2n) is 2.94. The van der Waals surface area contributed by atoms with Crippen LogP contribution in [0, 0.1) is 0 Å². The second kappa shape index (κ2) is 4.45. The van der Waals surface area contributed by atoms with Crippen molar-refractivity contribution in [2.24, 2.45) is 0 Å². The summed E-state index contributed by atoms with van der Waals surface area (Å²) in [6.07, 6.45) is 0. The first-order valence-electron chi connectivity index (χ1n) is 4.23. The van der Waals surface area contributed by atoms with Crippen LogP contribution >= 0.6 is 0 Å². The van der Waals surface area contributed by atoms with Crippen LogP contribution in [0.5, 0.6) is 5.75 Å². The Morgan fingerprint density at radius 3 is 2.53 bits per heavy atom. The van der Waals surface area contributed by atoms with Crippen LogP contribution in [0.4, 0.5) is 5.69 Å². The number of amides is 1. The fraction of sp³-hybridized carbons (Fsp3) is 0.200. The van der Waals surface area contributed by atoms with Crippen molar-refractivity contribution in [3.63, 3.8) is 0 Å². The van der Waals surface area contributed by atoms with E-state index in [4.69, 9.17) is 0 Å². The van der Waals surface area contributed by atoms with Crippen LogP contribution in [0.3, 0.4) is 0 Å². The minimum atomic E-state index is -0.572. The first-order chi connectivity index (χ1) is 7.02. The lowest BCUT2D eigenvalue weighted by atomic mass is 10.2. The van der Waals surface area contributed by atoms with Gasteiger partial charge in [-0.15, -0.1) is 0 Å². The molecule has 1 rings (SSSR count). The highest BCUT2D eigenvalue weighted by Crippen LogP contribution is 2.20. The zero-order valence-corrected chi connectivity index (χ0v) is 8.40. The minimum Gasteiger partial charge on any atom is -0.508 e. The summed E-state index contributed by atoms with van der Waals surface area (Å²) in [6, 6.07) is 4.03. The number of rotatable bonds is 2. The molecule has 80 valence electrons. The van der Waals surface area contributed by atoms with Gasteiger partial charge in [0.1, 0.15) is 5.75 Å². The third-order valence-corrected chi connectivity index (χ3v) is 1.66. The molecule has 0 saturated heterocycles. The van der Waals surface area contributed by atoms with Gasteiger partial charge in [-0.2, -0.15) is 0 Å². The Labute approximate surface area is 86.7 Å². The molecule has 1 aromatic rings. The minimum absolute atomic E-state index is 0.110. The van der Waals surface area contributed by atoms with Gasteiger partial charge >= 0.3 is 5.97 Å². The monoisotopic (exact) mass is 209 g/mol. The lowest BCUT2D eigenvalue weighted by molar-refractivity contribution is -0.114. The Bertz CT molecular complexity index is 400. The second-order valence-corrected chi connectivity index (χ2v) is 2.94. The molecule has 0 atom stereocenters. The summed E-state index contributed by atoms with van der Waals surface area (Å²) < 4.78 is 4.49. The van der Waals surface area contributed by atoms with Crippen LogP contribution in [0.15, 0.2) is 18.2 Å². The van der Waals surface area contributed by atoms with Crippen molar-refractivity contribution >= 4 is 17.6 Å². The van der Waals surface area contributed by atoms with Crippen molar-refractivity contribution < 1.29 is 19.4 Å². The van der Waals surface area contributed by atoms with Crippen LogP contribution in [-0.2, 0) is 9.53 Å². The van der Waals surface area contributed by atoms with Gasteiger partial charge in [-0.05, 0) is 12.1 Å². The number of phenolic OH excluding ortho intramolecular Hbond substituents is 1. The molecule has 2 N–H and O–H groups in total. The quantitative estimate of drug-likeness (QED) is 0.716. The number of hydrogen-bond acceptors (Lipinski definition) is 4. The fourth-order valence-electron chi connectivity index (χ4n) is 1.12. The number of phenols is 1. The van der Waals surface area contributed by atoms with Crippen molar-refractivity contribution in [2.45, 2.75) is 6.92 Å². The van der Waals surface area contributed by atoms with Gasteiger partial charge in [0, 0.05) is 18.7 Å². The van der Waals surface area contributed by atoms with Crippen LogP contribution < -0.4 is 5.32 Å². The smallest absolute Gasteiger partial charge is 0.338 e. The molecule has 1 amide bonds. The number of esters is 1. The van der Waals surface area contributed by atoms with Crippen molar-refractivity contribution in [1.29, 1.82) is 0 Å². The SMILES string of the molecule is COC(=O)c1cc(O)cc(NC(C)=O)c1. The Balaban J connectivity index is 3.04. The molecule has 0 aliphatic heterocycles. The fourth-order valence-corrected chi connectivity index (χ4v) is 1.12. The molecular weight excluding hydrogens is 198 g/mol. The van der Waals surface area contributed by atoms with Gasteiger partial charge in [-0.1, -0.05) is 0 Å². The number of anilines is 1. The van der Waals surface area contributed by atoms with Gasteiger partial charge in [-0.25, -0.2) is 4.79 Å². The molecule has 0 heterocycles. The zero-order chi connectivity index (χ0) is 11.4. The standard InChI is InChI=1S/C10H11NO4/c1-6(12)11-8-3-7(10(14)15-2)4-9(13)5-8/h3-5,13H,1-2H3,(H,11,12). The molecule has 0 spiro atoms. The highest BCUT2D eigenvalue weighted by Gasteiger charge is 2.08. The van der Waals surface area contributed by atoms with Gasteiger partial charge in [0.15, 0.2) is 0 Å². The molecule has 0 radical (unpaired) electrons. The lowest BCUT2D eigenvalue weighted by Crippen LogP contribution is -2.07. The normalized spacial score (nSPS) is 9.47. The summed E-state index contributed by atoms with van der Waals surface area (Å²) in [5.74, 6) is -0.962. The van der Waals surface area contributed by atoms with Gasteiger partial charge < -0.3 is 15.2 Å². The third kappa shape index (κ3) is 2.98. The van der Waals surface area contributed by atoms with Gasteiger partial charge in [0.2, 0.25) is 5.91 Å². The molecule has 0 unspecified atom stereocenters. The number of ether oxygens (including phenoxy) is 1. The summed E-state index contributed by atoms with van der Waals surface area (Å²) in [7, 11) is 1.24. The first kappa shape index (κ1) is 11.0. The van der Waals surface area contributed by atoms with Crippen LogP contribution in [0.2, 0.25) is 0 Å². The average molecular weight is 209 g/mol. The number of carbonyl (C=O) groups is 2. The van der Waals surface area contributed by atoms with E-state index in [1.165, 1.54) is 32.2 Å². The number of hydrogen-bond donors (Lipinski definition) is 2. The van der Waals surface area contributed by atoms with E-state index < -0.39 is 5.97 Å². The van der Waals surface area contributed by atoms with E-state index >= 15 is 0 Å². The van der Waals surface area contributed by atoms with Crippen LogP contribution in [-0.4, -0.2) is 24.1 Å². The Morgan fingerprint density at radius 2 is 2.00 bits per heavy atom. The third-order valence-electron chi connectivity index (χ3n) is 1.66. The molecule has 0 fully saturated rings. The van der Waals surface area contributed by atoms with Crippen molar-refractivity contribution in [2.75, 3.05) is 12.4 Å². The molecule has 0 bridgehead atoms. The summed E-state index contributed by atoms with van der Waals surface area (Å²) in [6.45, 7) is 1.34. The Kier molecular flexibility index (Phi) is 3.28. The van der Waals surface area contributed by atoms with E-state index in [0.717, 1.165) is 0 Å². The molecule has 0 saturated carbocycles. The maximum absolute atomic E-state index is 11.2. The van der Waals surface area contributed by atoms with Crippen molar-refractivity contribution in [3.05, 3.63) is 23.8 Å². The van der Waals surface area contributed by atoms with E-state index in [9.17, 15) is 14.7 Å².